The van der Waals surface area contributed by atoms with Crippen LogP contribution in [0.15, 0.2) is 29.2 Å². The number of nitrogens with zero attached hydrogens (tertiary/aromatic N) is 1. The summed E-state index contributed by atoms with van der Waals surface area (Å²) in [6.07, 6.45) is 0. The van der Waals surface area contributed by atoms with E-state index in [1.807, 2.05) is 11.8 Å². The van der Waals surface area contributed by atoms with Crippen LogP contribution in [0, 0.1) is 0 Å². The minimum absolute atomic E-state index is 0.548. The summed E-state index contributed by atoms with van der Waals surface area (Å²) in [6, 6.07) is 9.30. The van der Waals surface area contributed by atoms with Crippen molar-refractivity contribution in [1.82, 2.24) is 10.2 Å². The van der Waals surface area contributed by atoms with Crippen LogP contribution in [-0.4, -0.2) is 36.8 Å². The summed E-state index contributed by atoms with van der Waals surface area (Å²) in [5, 5.41) is 3.67. The van der Waals surface area contributed by atoms with Crippen molar-refractivity contribution in [2.24, 2.45) is 0 Å². The molecule has 1 N–H and O–H groups in total. The van der Waals surface area contributed by atoms with Crippen LogP contribution < -0.4 is 5.32 Å². The number of nitrogens with one attached hydrogen (secondary N) is 1. The predicted molar refractivity (Wildman–Crippen MR) is 75.7 cm³/mol. The molecule has 1 aliphatic heterocycles. The molecule has 2 nitrogen and oxygen atoms in total. The average Bonchev–Trinajstić information content (AvgIpc) is 2.78. The fraction of sp³-hybridized carbons (Fsp3) is 0.571. The topological polar surface area (TPSA) is 15.3 Å². The molecule has 1 aromatic rings. The molecular formula is C14H22N2S. The highest BCUT2D eigenvalue weighted by molar-refractivity contribution is 7.99. The lowest BCUT2D eigenvalue weighted by molar-refractivity contribution is 0.298. The molecule has 0 amide bonds. The summed E-state index contributed by atoms with van der Waals surface area (Å²) in [5.41, 5.74) is 1.48. The van der Waals surface area contributed by atoms with Gasteiger partial charge in [-0.3, -0.25) is 0 Å². The molecule has 0 saturated heterocycles. The van der Waals surface area contributed by atoms with Gasteiger partial charge in [-0.25, -0.2) is 0 Å². The van der Waals surface area contributed by atoms with Crippen molar-refractivity contribution < 1.29 is 0 Å². The molecule has 3 heteroatoms. The van der Waals surface area contributed by atoms with Gasteiger partial charge in [0.05, 0.1) is 0 Å². The minimum Gasteiger partial charge on any atom is -0.308 e. The van der Waals surface area contributed by atoms with Crippen molar-refractivity contribution >= 4 is 11.8 Å². The van der Waals surface area contributed by atoms with Crippen LogP contribution in [0.25, 0.3) is 0 Å². The van der Waals surface area contributed by atoms with Gasteiger partial charge < -0.3 is 10.2 Å². The van der Waals surface area contributed by atoms with Crippen molar-refractivity contribution in [2.45, 2.75) is 24.8 Å². The van der Waals surface area contributed by atoms with Crippen LogP contribution in [0.2, 0.25) is 0 Å². The third-order valence-corrected chi connectivity index (χ3v) is 4.60. The lowest BCUT2D eigenvalue weighted by atomic mass is 10.1. The number of hydrogen-bond acceptors (Lipinski definition) is 3. The van der Waals surface area contributed by atoms with Crippen LogP contribution in [0.3, 0.4) is 0 Å². The number of likely N-dealkylation sites (N-methyl/N-ethyl adjacent to an activating group) is 1. The maximum absolute atomic E-state index is 3.67. The summed E-state index contributed by atoms with van der Waals surface area (Å²) >= 11 is 1.97. The minimum atomic E-state index is 0.548. The molecule has 1 heterocycles. The van der Waals surface area contributed by atoms with E-state index < -0.39 is 0 Å². The smallest absolute Gasteiger partial charge is 0.0426 e. The number of thioether (sulfide) groups is 1. The summed E-state index contributed by atoms with van der Waals surface area (Å²) in [6.45, 7) is 8.98. The fourth-order valence-electron chi connectivity index (χ4n) is 2.27. The Labute approximate surface area is 109 Å². The Balaban J connectivity index is 1.82. The number of rotatable bonds is 6. The zero-order valence-corrected chi connectivity index (χ0v) is 11.6. The molecule has 1 aromatic carbocycles. The van der Waals surface area contributed by atoms with Gasteiger partial charge in [0.2, 0.25) is 0 Å². The Hall–Kier alpha value is -0.510. The first-order chi connectivity index (χ1) is 8.35. The van der Waals surface area contributed by atoms with Gasteiger partial charge in [-0.15, -0.1) is 11.8 Å². The van der Waals surface area contributed by atoms with Crippen LogP contribution >= 0.6 is 11.8 Å². The maximum Gasteiger partial charge on any atom is 0.0426 e. The van der Waals surface area contributed by atoms with Crippen LogP contribution in [0.1, 0.15) is 25.5 Å². The zero-order valence-electron chi connectivity index (χ0n) is 10.8. The lowest BCUT2D eigenvalue weighted by Gasteiger charge is -2.20. The highest BCUT2D eigenvalue weighted by Crippen LogP contribution is 2.37. The Kier molecular flexibility index (Phi) is 4.89. The van der Waals surface area contributed by atoms with E-state index in [1.165, 1.54) is 16.2 Å². The van der Waals surface area contributed by atoms with Crippen molar-refractivity contribution in [2.75, 3.05) is 31.9 Å². The SMILES string of the molecule is CCN(CC)CCNC1CSc2ccccc21. The van der Waals surface area contributed by atoms with E-state index in [4.69, 9.17) is 0 Å². The lowest BCUT2D eigenvalue weighted by Crippen LogP contribution is -2.33. The molecule has 0 spiro atoms. The molecule has 0 saturated carbocycles. The number of benzene rings is 1. The van der Waals surface area contributed by atoms with Gasteiger partial charge in [-0.1, -0.05) is 32.0 Å². The van der Waals surface area contributed by atoms with Gasteiger partial charge in [-0.05, 0) is 24.7 Å². The Morgan fingerprint density at radius 2 is 2.06 bits per heavy atom. The average molecular weight is 250 g/mol. The van der Waals surface area contributed by atoms with Gasteiger partial charge in [-0.2, -0.15) is 0 Å². The van der Waals surface area contributed by atoms with E-state index in [2.05, 4.69) is 48.3 Å². The number of fused-ring (bicyclic) bond motifs is 1. The third kappa shape index (κ3) is 3.24. The standard InChI is InChI=1S/C14H22N2S/c1-3-16(4-2)10-9-15-13-11-17-14-8-6-5-7-12(13)14/h5-8,13,15H,3-4,9-11H2,1-2H3. The van der Waals surface area contributed by atoms with Gasteiger partial charge in [0.1, 0.15) is 0 Å². The summed E-state index contributed by atoms with van der Waals surface area (Å²) in [4.78, 5) is 3.91. The van der Waals surface area contributed by atoms with E-state index in [1.54, 1.807) is 0 Å². The molecule has 1 aliphatic rings. The highest BCUT2D eigenvalue weighted by atomic mass is 32.2. The maximum atomic E-state index is 3.67. The van der Waals surface area contributed by atoms with E-state index in [0.29, 0.717) is 6.04 Å². The molecule has 0 radical (unpaired) electrons. The van der Waals surface area contributed by atoms with Crippen molar-refractivity contribution in [1.29, 1.82) is 0 Å². The predicted octanol–water partition coefficient (Wildman–Crippen LogP) is 2.76. The Morgan fingerprint density at radius 1 is 1.29 bits per heavy atom. The Bertz CT molecular complexity index is 350. The van der Waals surface area contributed by atoms with Gasteiger partial charge in [0.15, 0.2) is 0 Å². The molecule has 0 fully saturated rings. The largest absolute Gasteiger partial charge is 0.308 e. The number of hydrogen-bond donors (Lipinski definition) is 1. The summed E-state index contributed by atoms with van der Waals surface area (Å²) in [7, 11) is 0. The summed E-state index contributed by atoms with van der Waals surface area (Å²) in [5.74, 6) is 1.18. The van der Waals surface area contributed by atoms with E-state index >= 15 is 0 Å². The van der Waals surface area contributed by atoms with Crippen LogP contribution in [0.5, 0.6) is 0 Å². The van der Waals surface area contributed by atoms with Gasteiger partial charge in [0, 0.05) is 29.8 Å². The molecule has 2 rings (SSSR count). The molecule has 17 heavy (non-hydrogen) atoms. The first-order valence-corrected chi connectivity index (χ1v) is 7.51. The normalized spacial score (nSPS) is 18.6. The van der Waals surface area contributed by atoms with Crippen LogP contribution in [0.4, 0.5) is 0 Å². The Morgan fingerprint density at radius 3 is 2.82 bits per heavy atom. The van der Waals surface area contributed by atoms with Crippen LogP contribution in [-0.2, 0) is 0 Å². The molecule has 0 bridgehead atoms. The van der Waals surface area contributed by atoms with Gasteiger partial charge >= 0.3 is 0 Å². The van der Waals surface area contributed by atoms with E-state index in [0.717, 1.165) is 26.2 Å². The highest BCUT2D eigenvalue weighted by Gasteiger charge is 2.21. The third-order valence-electron chi connectivity index (χ3n) is 3.41. The zero-order chi connectivity index (χ0) is 12.1. The molecular weight excluding hydrogens is 228 g/mol. The molecule has 1 unspecified atom stereocenters. The van der Waals surface area contributed by atoms with Gasteiger partial charge in [0.25, 0.3) is 0 Å². The first-order valence-electron chi connectivity index (χ1n) is 6.52. The quantitative estimate of drug-likeness (QED) is 0.836. The second kappa shape index (κ2) is 6.43. The fourth-order valence-corrected chi connectivity index (χ4v) is 3.46. The second-order valence-electron chi connectivity index (χ2n) is 4.38. The monoisotopic (exact) mass is 250 g/mol. The molecule has 1 atom stereocenters. The van der Waals surface area contributed by atoms with Crippen molar-refractivity contribution in [3.05, 3.63) is 29.8 Å². The van der Waals surface area contributed by atoms with Crippen molar-refractivity contribution in [3.63, 3.8) is 0 Å². The molecule has 0 aliphatic carbocycles. The second-order valence-corrected chi connectivity index (χ2v) is 5.44. The first kappa shape index (κ1) is 12.9. The van der Waals surface area contributed by atoms with E-state index in [-0.39, 0.29) is 0 Å². The molecule has 0 aromatic heterocycles. The van der Waals surface area contributed by atoms with Crippen molar-refractivity contribution in [3.8, 4) is 0 Å². The summed E-state index contributed by atoms with van der Waals surface area (Å²) < 4.78 is 0. The van der Waals surface area contributed by atoms with E-state index in [9.17, 15) is 0 Å². The molecule has 94 valence electrons.